The predicted octanol–water partition coefficient (Wildman–Crippen LogP) is 0.315. The number of rotatable bonds is 4. The quantitative estimate of drug-likeness (QED) is 0.873. The third-order valence-corrected chi connectivity index (χ3v) is 4.90. The van der Waals surface area contributed by atoms with Crippen LogP contribution in [0.15, 0.2) is 29.1 Å². The second-order valence-corrected chi connectivity index (χ2v) is 7.56. The zero-order chi connectivity index (χ0) is 16.5. The van der Waals surface area contributed by atoms with Crippen molar-refractivity contribution in [1.29, 1.82) is 0 Å². The van der Waals surface area contributed by atoms with E-state index in [2.05, 4.69) is 9.97 Å². The van der Waals surface area contributed by atoms with Gasteiger partial charge in [0.15, 0.2) is 9.84 Å². The standard InChI is InChI=1S/C14H17N3O4S/c1-9(22(3,20)21)14(19)17(2)8-12-15-11-7-5-4-6-10(11)13(18)16-12/h4-7,9H,8H2,1-3H3,(H,15,16,18)/t9-/m0/s1. The van der Waals surface area contributed by atoms with Crippen molar-refractivity contribution in [1.82, 2.24) is 14.9 Å². The van der Waals surface area contributed by atoms with Gasteiger partial charge in [-0.05, 0) is 19.1 Å². The van der Waals surface area contributed by atoms with Crippen LogP contribution in [0.3, 0.4) is 0 Å². The fourth-order valence-corrected chi connectivity index (χ4v) is 2.55. The Morgan fingerprint density at radius 3 is 2.64 bits per heavy atom. The van der Waals surface area contributed by atoms with Gasteiger partial charge in [0.05, 0.1) is 17.4 Å². The molecule has 118 valence electrons. The van der Waals surface area contributed by atoms with E-state index in [0.717, 1.165) is 6.26 Å². The van der Waals surface area contributed by atoms with E-state index >= 15 is 0 Å². The van der Waals surface area contributed by atoms with Crippen LogP contribution >= 0.6 is 0 Å². The molecular weight excluding hydrogens is 306 g/mol. The van der Waals surface area contributed by atoms with Crippen LogP contribution < -0.4 is 5.56 Å². The molecule has 1 amide bonds. The molecule has 0 aliphatic carbocycles. The topological polar surface area (TPSA) is 100 Å². The van der Waals surface area contributed by atoms with Crippen molar-refractivity contribution in [3.8, 4) is 0 Å². The number of hydrogen-bond donors (Lipinski definition) is 1. The highest BCUT2D eigenvalue weighted by molar-refractivity contribution is 7.92. The second kappa shape index (κ2) is 5.88. The van der Waals surface area contributed by atoms with Gasteiger partial charge in [-0.25, -0.2) is 13.4 Å². The monoisotopic (exact) mass is 323 g/mol. The highest BCUT2D eigenvalue weighted by atomic mass is 32.2. The number of para-hydroxylation sites is 1. The van der Waals surface area contributed by atoms with Crippen LogP contribution in [-0.4, -0.2) is 47.7 Å². The molecule has 0 fully saturated rings. The number of aromatic nitrogens is 2. The Morgan fingerprint density at radius 1 is 1.36 bits per heavy atom. The molecule has 1 heterocycles. The normalized spacial score (nSPS) is 13.0. The lowest BCUT2D eigenvalue weighted by atomic mass is 10.2. The van der Waals surface area contributed by atoms with E-state index in [9.17, 15) is 18.0 Å². The molecule has 2 aromatic rings. The number of hydrogen-bond acceptors (Lipinski definition) is 5. The highest BCUT2D eigenvalue weighted by Crippen LogP contribution is 2.08. The van der Waals surface area contributed by atoms with Gasteiger partial charge in [0.25, 0.3) is 5.56 Å². The number of H-pyrrole nitrogens is 1. The lowest BCUT2D eigenvalue weighted by molar-refractivity contribution is -0.129. The number of nitrogens with one attached hydrogen (secondary N) is 1. The summed E-state index contributed by atoms with van der Waals surface area (Å²) in [5.74, 6) is -0.237. The number of carbonyl (C=O) groups excluding carboxylic acids is 1. The minimum atomic E-state index is -3.47. The molecule has 7 nitrogen and oxygen atoms in total. The molecule has 0 spiro atoms. The molecule has 0 unspecified atom stereocenters. The van der Waals surface area contributed by atoms with Crippen molar-refractivity contribution in [2.24, 2.45) is 0 Å². The van der Waals surface area contributed by atoms with Crippen LogP contribution in [0.5, 0.6) is 0 Å². The molecule has 1 atom stereocenters. The van der Waals surface area contributed by atoms with E-state index in [1.807, 2.05) is 0 Å². The summed E-state index contributed by atoms with van der Waals surface area (Å²) in [5.41, 5.74) is 0.232. The zero-order valence-electron chi connectivity index (χ0n) is 12.5. The van der Waals surface area contributed by atoms with E-state index in [4.69, 9.17) is 0 Å². The summed E-state index contributed by atoms with van der Waals surface area (Å²) in [5, 5.41) is -0.672. The Hall–Kier alpha value is -2.22. The maximum Gasteiger partial charge on any atom is 0.258 e. The largest absolute Gasteiger partial charge is 0.337 e. The molecule has 1 N–H and O–H groups in total. The van der Waals surface area contributed by atoms with Gasteiger partial charge in [0, 0.05) is 13.3 Å². The maximum absolute atomic E-state index is 12.1. The fraction of sp³-hybridized carbons (Fsp3) is 0.357. The number of benzene rings is 1. The van der Waals surface area contributed by atoms with Crippen LogP contribution in [-0.2, 0) is 21.2 Å². The molecule has 2 rings (SSSR count). The third-order valence-electron chi connectivity index (χ3n) is 3.42. The van der Waals surface area contributed by atoms with Gasteiger partial charge in [-0.15, -0.1) is 0 Å². The fourth-order valence-electron chi connectivity index (χ4n) is 2.01. The molecule has 8 heteroatoms. The number of amides is 1. The van der Waals surface area contributed by atoms with Crippen LogP contribution in [0, 0.1) is 0 Å². The summed E-state index contributed by atoms with van der Waals surface area (Å²) >= 11 is 0. The minimum Gasteiger partial charge on any atom is -0.337 e. The first-order valence-electron chi connectivity index (χ1n) is 6.62. The second-order valence-electron chi connectivity index (χ2n) is 5.20. The molecule has 1 aromatic heterocycles. The van der Waals surface area contributed by atoms with Gasteiger partial charge in [-0.3, -0.25) is 9.59 Å². The van der Waals surface area contributed by atoms with Crippen molar-refractivity contribution in [2.45, 2.75) is 18.7 Å². The van der Waals surface area contributed by atoms with E-state index in [1.54, 1.807) is 24.3 Å². The molecule has 0 aliphatic heterocycles. The molecule has 0 radical (unpaired) electrons. The van der Waals surface area contributed by atoms with Crippen LogP contribution in [0.1, 0.15) is 12.7 Å². The Labute approximate surface area is 127 Å². The molecule has 0 bridgehead atoms. The molecule has 22 heavy (non-hydrogen) atoms. The molecule has 0 saturated carbocycles. The number of nitrogens with zero attached hydrogens (tertiary/aromatic N) is 2. The van der Waals surface area contributed by atoms with Crippen molar-refractivity contribution in [3.05, 3.63) is 40.4 Å². The summed E-state index contributed by atoms with van der Waals surface area (Å²) in [6.07, 6.45) is 1.01. The van der Waals surface area contributed by atoms with Gasteiger partial charge in [0.2, 0.25) is 5.91 Å². The van der Waals surface area contributed by atoms with Crippen LogP contribution in [0.2, 0.25) is 0 Å². The smallest absolute Gasteiger partial charge is 0.258 e. The van der Waals surface area contributed by atoms with Crippen molar-refractivity contribution < 1.29 is 13.2 Å². The molecule has 0 saturated heterocycles. The Bertz CT molecular complexity index is 873. The number of fused-ring (bicyclic) bond motifs is 1. The van der Waals surface area contributed by atoms with E-state index < -0.39 is 21.0 Å². The molecule has 1 aromatic carbocycles. The summed E-state index contributed by atoms with van der Waals surface area (Å²) in [6.45, 7) is 1.36. The minimum absolute atomic E-state index is 0.0266. The number of aromatic amines is 1. The van der Waals surface area contributed by atoms with Gasteiger partial charge < -0.3 is 9.88 Å². The van der Waals surface area contributed by atoms with E-state index in [-0.39, 0.29) is 12.1 Å². The Kier molecular flexibility index (Phi) is 4.32. The summed E-state index contributed by atoms with van der Waals surface area (Å²) < 4.78 is 22.9. The SMILES string of the molecule is C[C@@H](C(=O)N(C)Cc1nc2ccccc2c(=O)[nH]1)S(C)(=O)=O. The highest BCUT2D eigenvalue weighted by Gasteiger charge is 2.26. The first kappa shape index (κ1) is 16.2. The summed E-state index contributed by atoms with van der Waals surface area (Å²) in [4.78, 5) is 32.1. The van der Waals surface area contributed by atoms with Crippen molar-refractivity contribution in [3.63, 3.8) is 0 Å². The van der Waals surface area contributed by atoms with E-state index in [1.165, 1.54) is 18.9 Å². The predicted molar refractivity (Wildman–Crippen MR) is 83.1 cm³/mol. The van der Waals surface area contributed by atoms with Crippen molar-refractivity contribution in [2.75, 3.05) is 13.3 Å². The van der Waals surface area contributed by atoms with Gasteiger partial charge in [-0.1, -0.05) is 12.1 Å². The average molecular weight is 323 g/mol. The van der Waals surface area contributed by atoms with Crippen molar-refractivity contribution >= 4 is 26.6 Å². The zero-order valence-corrected chi connectivity index (χ0v) is 13.3. The third kappa shape index (κ3) is 3.33. The lowest BCUT2D eigenvalue weighted by Crippen LogP contribution is -2.39. The van der Waals surface area contributed by atoms with Gasteiger partial charge in [-0.2, -0.15) is 0 Å². The van der Waals surface area contributed by atoms with Gasteiger partial charge in [0.1, 0.15) is 11.1 Å². The first-order valence-corrected chi connectivity index (χ1v) is 8.57. The Morgan fingerprint density at radius 2 is 2.00 bits per heavy atom. The maximum atomic E-state index is 12.1. The number of carbonyl (C=O) groups is 1. The van der Waals surface area contributed by atoms with Crippen LogP contribution in [0.4, 0.5) is 0 Å². The number of sulfone groups is 1. The van der Waals surface area contributed by atoms with Gasteiger partial charge >= 0.3 is 0 Å². The molecular formula is C14H17N3O4S. The summed E-state index contributed by atoms with van der Waals surface area (Å²) in [6, 6.07) is 6.86. The average Bonchev–Trinajstić information content (AvgIpc) is 2.44. The van der Waals surface area contributed by atoms with E-state index in [0.29, 0.717) is 16.7 Å². The summed E-state index contributed by atoms with van der Waals surface area (Å²) in [7, 11) is -1.99. The van der Waals surface area contributed by atoms with Crippen LogP contribution in [0.25, 0.3) is 10.9 Å². The lowest BCUT2D eigenvalue weighted by Gasteiger charge is -2.20. The Balaban J connectivity index is 2.27. The molecule has 0 aliphatic rings. The first-order chi connectivity index (χ1) is 10.2.